The van der Waals surface area contributed by atoms with E-state index in [4.69, 9.17) is 0 Å². The molecule has 1 aromatic rings. The van der Waals surface area contributed by atoms with Crippen molar-refractivity contribution in [2.24, 2.45) is 0 Å². The average Bonchev–Trinajstić information content (AvgIpc) is 2.75. The maximum Gasteiger partial charge on any atom is 0.401 e. The van der Waals surface area contributed by atoms with Gasteiger partial charge in [-0.25, -0.2) is 8.42 Å². The van der Waals surface area contributed by atoms with E-state index in [1.54, 1.807) is 4.90 Å². The highest BCUT2D eigenvalue weighted by Crippen LogP contribution is 2.40. The molecule has 0 aliphatic carbocycles. The first-order valence-corrected chi connectivity index (χ1v) is 9.70. The van der Waals surface area contributed by atoms with Crippen molar-refractivity contribution in [3.8, 4) is 0 Å². The molecule has 0 unspecified atom stereocenters. The van der Waals surface area contributed by atoms with Gasteiger partial charge in [0.25, 0.3) is 0 Å². The van der Waals surface area contributed by atoms with E-state index in [9.17, 15) is 31.7 Å². The minimum absolute atomic E-state index is 0.1000. The van der Waals surface area contributed by atoms with Gasteiger partial charge in [0.1, 0.15) is 4.21 Å². The normalized spacial score (nSPS) is 17.8. The van der Waals surface area contributed by atoms with Crippen LogP contribution in [0, 0.1) is 10.1 Å². The first kappa shape index (κ1) is 18.9. The van der Waals surface area contributed by atoms with Crippen LogP contribution >= 0.6 is 11.3 Å². The lowest BCUT2D eigenvalue weighted by atomic mass is 10.3. The van der Waals surface area contributed by atoms with Crippen molar-refractivity contribution in [3.05, 3.63) is 16.2 Å². The molecule has 2 rings (SSSR count). The molecule has 1 aliphatic heterocycles. The van der Waals surface area contributed by atoms with Gasteiger partial charge in [-0.15, -0.1) is 0 Å². The Hall–Kier alpha value is -1.40. The Bertz CT molecular complexity index is 718. The van der Waals surface area contributed by atoms with Crippen molar-refractivity contribution in [1.82, 2.24) is 4.90 Å². The molecule has 0 aromatic carbocycles. The molecule has 1 fully saturated rings. The van der Waals surface area contributed by atoms with E-state index in [0.717, 1.165) is 23.7 Å². The lowest BCUT2D eigenvalue weighted by molar-refractivity contribution is -0.383. The van der Waals surface area contributed by atoms with Crippen LogP contribution in [-0.4, -0.2) is 63.4 Å². The van der Waals surface area contributed by atoms with E-state index in [1.807, 2.05) is 0 Å². The summed E-state index contributed by atoms with van der Waals surface area (Å²) in [5.41, 5.74) is -0.329. The molecule has 0 bridgehead atoms. The molecule has 1 aliphatic rings. The smallest absolute Gasteiger partial charge is 0.356 e. The van der Waals surface area contributed by atoms with Crippen LogP contribution in [0.3, 0.4) is 0 Å². The number of thiophene rings is 1. The van der Waals surface area contributed by atoms with Crippen LogP contribution < -0.4 is 4.90 Å². The predicted molar refractivity (Wildman–Crippen MR) is 83.4 cm³/mol. The fourth-order valence-electron chi connectivity index (χ4n) is 2.48. The van der Waals surface area contributed by atoms with Gasteiger partial charge in [-0.3, -0.25) is 15.0 Å². The number of alkyl halides is 3. The number of nitrogens with zero attached hydrogens (tertiary/aromatic N) is 3. The largest absolute Gasteiger partial charge is 0.401 e. The van der Waals surface area contributed by atoms with Gasteiger partial charge in [0.2, 0.25) is 0 Å². The van der Waals surface area contributed by atoms with Crippen molar-refractivity contribution in [3.63, 3.8) is 0 Å². The molecule has 1 saturated heterocycles. The summed E-state index contributed by atoms with van der Waals surface area (Å²) < 4.78 is 60.6. The molecule has 12 heteroatoms. The molecule has 0 saturated carbocycles. The first-order chi connectivity index (χ1) is 11.0. The third kappa shape index (κ3) is 4.80. The number of anilines is 1. The molecule has 1 aromatic heterocycles. The summed E-state index contributed by atoms with van der Waals surface area (Å²) in [7, 11) is -3.59. The molecule has 0 N–H and O–H groups in total. The van der Waals surface area contributed by atoms with E-state index in [2.05, 4.69) is 0 Å². The molecular formula is C12H16F3N3O4S2. The molecule has 2 heterocycles. The Labute approximate surface area is 140 Å². The van der Waals surface area contributed by atoms with E-state index in [1.165, 1.54) is 4.90 Å². The van der Waals surface area contributed by atoms with Crippen molar-refractivity contribution in [2.45, 2.75) is 16.8 Å². The van der Waals surface area contributed by atoms with Gasteiger partial charge in [0.15, 0.2) is 14.8 Å². The van der Waals surface area contributed by atoms with E-state index in [-0.39, 0.29) is 34.5 Å². The van der Waals surface area contributed by atoms with Gasteiger partial charge >= 0.3 is 11.9 Å². The number of hydrogen-bond acceptors (Lipinski definition) is 7. The van der Waals surface area contributed by atoms with Crippen molar-refractivity contribution in [1.29, 1.82) is 0 Å². The zero-order valence-electron chi connectivity index (χ0n) is 12.7. The van der Waals surface area contributed by atoms with Gasteiger partial charge < -0.3 is 4.90 Å². The summed E-state index contributed by atoms with van der Waals surface area (Å²) >= 11 is 0.780. The van der Waals surface area contributed by atoms with Crippen molar-refractivity contribution < 1.29 is 26.5 Å². The highest BCUT2D eigenvalue weighted by molar-refractivity contribution is 7.92. The van der Waals surface area contributed by atoms with Gasteiger partial charge in [-0.1, -0.05) is 11.3 Å². The van der Waals surface area contributed by atoms with Crippen LogP contribution in [0.25, 0.3) is 0 Å². The molecule has 0 amide bonds. The topological polar surface area (TPSA) is 83.8 Å². The van der Waals surface area contributed by atoms with Crippen molar-refractivity contribution >= 4 is 31.9 Å². The Morgan fingerprint density at radius 1 is 1.29 bits per heavy atom. The first-order valence-electron chi connectivity index (χ1n) is 7.00. The van der Waals surface area contributed by atoms with Crippen LogP contribution in [0.4, 0.5) is 23.9 Å². The summed E-state index contributed by atoms with van der Waals surface area (Å²) in [6.45, 7) is -0.196. The third-order valence-electron chi connectivity index (χ3n) is 3.51. The van der Waals surface area contributed by atoms with E-state index < -0.39 is 27.5 Å². The minimum Gasteiger partial charge on any atom is -0.356 e. The lowest BCUT2D eigenvalue weighted by Gasteiger charge is -2.22. The van der Waals surface area contributed by atoms with Gasteiger partial charge in [0.05, 0.1) is 11.5 Å². The predicted octanol–water partition coefficient (Wildman–Crippen LogP) is 2.13. The second-order valence-corrected chi connectivity index (χ2v) is 8.79. The summed E-state index contributed by atoms with van der Waals surface area (Å²) in [6, 6.07) is 1.01. The molecule has 24 heavy (non-hydrogen) atoms. The number of hydrogen-bond donors (Lipinski definition) is 0. The number of halogens is 3. The zero-order valence-corrected chi connectivity index (χ0v) is 14.4. The standard InChI is InChI=1S/C12H16F3N3O4S2/c1-24(21,22)10-7-9(18(19)20)11(23-10)17-4-2-3-16(5-6-17)8-12(13,14)15/h7H,2-6,8H2,1H3. The maximum absolute atomic E-state index is 12.5. The van der Waals surface area contributed by atoms with Crippen LogP contribution in [0.5, 0.6) is 0 Å². The Morgan fingerprint density at radius 3 is 2.50 bits per heavy atom. The zero-order chi connectivity index (χ0) is 18.1. The van der Waals surface area contributed by atoms with Crippen LogP contribution in [0.1, 0.15) is 6.42 Å². The minimum atomic E-state index is -4.30. The van der Waals surface area contributed by atoms with Crippen molar-refractivity contribution in [2.75, 3.05) is 43.9 Å². The Balaban J connectivity index is 2.22. The quantitative estimate of drug-likeness (QED) is 0.581. The van der Waals surface area contributed by atoms with E-state index in [0.29, 0.717) is 13.0 Å². The summed E-state index contributed by atoms with van der Waals surface area (Å²) in [4.78, 5) is 13.3. The lowest BCUT2D eigenvalue weighted by Crippen LogP contribution is -2.37. The second-order valence-electron chi connectivity index (χ2n) is 5.52. The van der Waals surface area contributed by atoms with Gasteiger partial charge in [-0.2, -0.15) is 13.2 Å². The summed E-state index contributed by atoms with van der Waals surface area (Å²) in [5, 5.41) is 11.3. The monoisotopic (exact) mass is 387 g/mol. The molecule has 0 radical (unpaired) electrons. The number of nitro groups is 1. The van der Waals surface area contributed by atoms with Crippen LogP contribution in [0.2, 0.25) is 0 Å². The molecule has 136 valence electrons. The Morgan fingerprint density at radius 2 is 1.96 bits per heavy atom. The molecular weight excluding hydrogens is 371 g/mol. The van der Waals surface area contributed by atoms with Crippen LogP contribution in [-0.2, 0) is 9.84 Å². The Kier molecular flexibility index (Phi) is 5.40. The fourth-order valence-corrected chi connectivity index (χ4v) is 4.55. The number of rotatable bonds is 4. The summed E-state index contributed by atoms with van der Waals surface area (Å²) in [5.74, 6) is 0. The average molecular weight is 387 g/mol. The molecule has 7 nitrogen and oxygen atoms in total. The third-order valence-corrected chi connectivity index (χ3v) is 6.50. The SMILES string of the molecule is CS(=O)(=O)c1cc([N+](=O)[O-])c(N2CCCN(CC(F)(F)F)CC2)s1. The van der Waals surface area contributed by atoms with Gasteiger partial charge in [-0.05, 0) is 6.42 Å². The fraction of sp³-hybridized carbons (Fsp3) is 0.667. The van der Waals surface area contributed by atoms with E-state index >= 15 is 0 Å². The molecule has 0 atom stereocenters. The molecule has 0 spiro atoms. The maximum atomic E-state index is 12.5. The van der Waals surface area contributed by atoms with Gasteiger partial charge in [0, 0.05) is 38.5 Å². The highest BCUT2D eigenvalue weighted by Gasteiger charge is 2.33. The summed E-state index contributed by atoms with van der Waals surface area (Å²) in [6.07, 6.45) is -2.94. The highest BCUT2D eigenvalue weighted by atomic mass is 32.2. The van der Waals surface area contributed by atoms with Crippen LogP contribution in [0.15, 0.2) is 10.3 Å². The second kappa shape index (κ2) is 6.84. The number of sulfone groups is 1.